The lowest BCUT2D eigenvalue weighted by molar-refractivity contribution is 0.0943. The van der Waals surface area contributed by atoms with Crippen molar-refractivity contribution in [2.75, 3.05) is 6.79 Å². The summed E-state index contributed by atoms with van der Waals surface area (Å²) < 4.78 is 16.3. The van der Waals surface area contributed by atoms with Gasteiger partial charge in [0.1, 0.15) is 16.5 Å². The second kappa shape index (κ2) is 10.8. The molecule has 1 amide bonds. The lowest BCUT2D eigenvalue weighted by Gasteiger charge is -2.23. The molecule has 0 spiro atoms. The molecule has 5 rings (SSSR count). The molecular formula is C29H31N3O4S. The molecule has 0 radical (unpaired) electrons. The minimum atomic E-state index is -0.209. The van der Waals surface area contributed by atoms with Gasteiger partial charge in [-0.3, -0.25) is 9.69 Å². The third kappa shape index (κ3) is 6.39. The zero-order valence-corrected chi connectivity index (χ0v) is 22.1. The molecule has 0 saturated carbocycles. The van der Waals surface area contributed by atoms with E-state index in [1.165, 1.54) is 22.5 Å². The van der Waals surface area contributed by atoms with Crippen molar-refractivity contribution in [1.29, 1.82) is 0 Å². The third-order valence-electron chi connectivity index (χ3n) is 6.22. The van der Waals surface area contributed by atoms with Crippen LogP contribution in [0, 0.1) is 0 Å². The number of furan rings is 1. The van der Waals surface area contributed by atoms with Crippen LogP contribution < -0.4 is 14.8 Å². The number of aromatic nitrogens is 1. The summed E-state index contributed by atoms with van der Waals surface area (Å²) in [4.78, 5) is 19.5. The van der Waals surface area contributed by atoms with E-state index in [-0.39, 0.29) is 18.1 Å². The maximum Gasteiger partial charge on any atom is 0.271 e. The van der Waals surface area contributed by atoms with Gasteiger partial charge in [-0.25, -0.2) is 4.98 Å². The number of amides is 1. The average Bonchev–Trinajstić information content (AvgIpc) is 3.64. The minimum absolute atomic E-state index is 0.111. The van der Waals surface area contributed by atoms with E-state index in [0.29, 0.717) is 31.1 Å². The molecule has 0 unspecified atom stereocenters. The Hall–Kier alpha value is -3.62. The highest BCUT2D eigenvalue weighted by Crippen LogP contribution is 2.33. The molecule has 4 aromatic rings. The van der Waals surface area contributed by atoms with E-state index in [1.54, 1.807) is 12.3 Å². The Kier molecular flexibility index (Phi) is 7.30. The molecule has 1 aliphatic heterocycles. The zero-order chi connectivity index (χ0) is 25.8. The zero-order valence-electron chi connectivity index (χ0n) is 21.3. The molecule has 37 heavy (non-hydrogen) atoms. The monoisotopic (exact) mass is 517 g/mol. The Bertz CT molecular complexity index is 1340. The Labute approximate surface area is 221 Å². The summed E-state index contributed by atoms with van der Waals surface area (Å²) in [6.07, 6.45) is 1.59. The number of hydrogen-bond donors (Lipinski definition) is 1. The quantitative estimate of drug-likeness (QED) is 0.298. The van der Waals surface area contributed by atoms with Crippen LogP contribution in [0.3, 0.4) is 0 Å². The van der Waals surface area contributed by atoms with E-state index in [4.69, 9.17) is 13.9 Å². The Balaban J connectivity index is 1.30. The van der Waals surface area contributed by atoms with Crippen molar-refractivity contribution in [3.05, 3.63) is 99.4 Å². The third-order valence-corrected chi connectivity index (χ3v) is 7.05. The maximum atomic E-state index is 12.6. The first-order valence-corrected chi connectivity index (χ1v) is 13.2. The van der Waals surface area contributed by atoms with Crippen molar-refractivity contribution in [2.45, 2.75) is 52.4 Å². The van der Waals surface area contributed by atoms with Crippen molar-refractivity contribution in [3.63, 3.8) is 0 Å². The van der Waals surface area contributed by atoms with Crippen LogP contribution in [0.1, 0.15) is 58.7 Å². The van der Waals surface area contributed by atoms with Gasteiger partial charge < -0.3 is 19.2 Å². The molecule has 3 heterocycles. The molecule has 0 aliphatic carbocycles. The van der Waals surface area contributed by atoms with Crippen LogP contribution >= 0.6 is 11.3 Å². The van der Waals surface area contributed by atoms with E-state index in [2.05, 4.69) is 66.3 Å². The Morgan fingerprint density at radius 2 is 1.76 bits per heavy atom. The molecule has 1 aliphatic rings. The van der Waals surface area contributed by atoms with Crippen LogP contribution in [-0.4, -0.2) is 22.6 Å². The molecule has 192 valence electrons. The molecule has 0 saturated heterocycles. The summed E-state index contributed by atoms with van der Waals surface area (Å²) in [7, 11) is 0. The summed E-state index contributed by atoms with van der Waals surface area (Å²) in [5.41, 5.74) is 4.19. The van der Waals surface area contributed by atoms with Crippen molar-refractivity contribution in [3.8, 4) is 11.5 Å². The van der Waals surface area contributed by atoms with Gasteiger partial charge in [-0.05, 0) is 46.4 Å². The van der Waals surface area contributed by atoms with Crippen LogP contribution in [0.25, 0.3) is 0 Å². The minimum Gasteiger partial charge on any atom is -0.467 e. The first-order chi connectivity index (χ1) is 17.8. The summed E-state index contributed by atoms with van der Waals surface area (Å²) >= 11 is 1.49. The number of ether oxygens (including phenoxy) is 2. The van der Waals surface area contributed by atoms with Crippen molar-refractivity contribution < 1.29 is 18.7 Å². The van der Waals surface area contributed by atoms with E-state index >= 15 is 0 Å². The van der Waals surface area contributed by atoms with E-state index in [1.807, 2.05) is 23.6 Å². The number of hydrogen-bond acceptors (Lipinski definition) is 7. The standard InChI is InChI=1S/C29H31N3O4S/c1-29(2,3)22-9-6-20(7-10-22)15-32(16-21-8-11-25-26(13-21)36-19-35-25)17-27-31-24(18-37-27)28(33)30-14-23-5-4-12-34-23/h4-13,18H,14-17,19H2,1-3H3,(H,30,33). The van der Waals surface area contributed by atoms with E-state index in [0.717, 1.165) is 28.6 Å². The topological polar surface area (TPSA) is 76.8 Å². The summed E-state index contributed by atoms with van der Waals surface area (Å²) in [5, 5.41) is 5.55. The predicted molar refractivity (Wildman–Crippen MR) is 143 cm³/mol. The first kappa shape index (κ1) is 25.0. The predicted octanol–water partition coefficient (Wildman–Crippen LogP) is 5.89. The molecule has 2 aromatic carbocycles. The number of carbonyl (C=O) groups excluding carboxylic acids is 1. The largest absolute Gasteiger partial charge is 0.467 e. The lowest BCUT2D eigenvalue weighted by Crippen LogP contribution is -2.24. The van der Waals surface area contributed by atoms with Crippen LogP contribution in [0.5, 0.6) is 11.5 Å². The van der Waals surface area contributed by atoms with Crippen LogP contribution in [-0.2, 0) is 31.6 Å². The fraction of sp³-hybridized carbons (Fsp3) is 0.310. The van der Waals surface area contributed by atoms with Gasteiger partial charge in [0.25, 0.3) is 5.91 Å². The number of benzene rings is 2. The van der Waals surface area contributed by atoms with Gasteiger partial charge in [-0.15, -0.1) is 11.3 Å². The smallest absolute Gasteiger partial charge is 0.271 e. The van der Waals surface area contributed by atoms with Gasteiger partial charge >= 0.3 is 0 Å². The van der Waals surface area contributed by atoms with Crippen LogP contribution in [0.2, 0.25) is 0 Å². The second-order valence-corrected chi connectivity index (χ2v) is 11.1. The van der Waals surface area contributed by atoms with Crippen molar-refractivity contribution in [1.82, 2.24) is 15.2 Å². The summed E-state index contributed by atoms with van der Waals surface area (Å²) in [6.45, 7) is 9.32. The normalized spacial score (nSPS) is 12.8. The van der Waals surface area contributed by atoms with Gasteiger partial charge in [-0.1, -0.05) is 51.1 Å². The Morgan fingerprint density at radius 1 is 1.00 bits per heavy atom. The molecule has 2 aromatic heterocycles. The number of thiazole rings is 1. The first-order valence-electron chi connectivity index (χ1n) is 12.3. The fourth-order valence-corrected chi connectivity index (χ4v) is 5.00. The van der Waals surface area contributed by atoms with Gasteiger partial charge in [-0.2, -0.15) is 0 Å². The SMILES string of the molecule is CC(C)(C)c1ccc(CN(Cc2ccc3c(c2)OCO3)Cc2nc(C(=O)NCc3ccco3)cs2)cc1. The molecule has 0 atom stereocenters. The number of rotatable bonds is 9. The molecule has 7 nitrogen and oxygen atoms in total. The summed E-state index contributed by atoms with van der Waals surface area (Å²) in [5.74, 6) is 2.05. The van der Waals surface area contributed by atoms with Gasteiger partial charge in [0.05, 0.1) is 19.4 Å². The molecule has 0 bridgehead atoms. The molecule has 8 heteroatoms. The summed E-state index contributed by atoms with van der Waals surface area (Å²) in [6, 6.07) is 18.5. The molecular weight excluding hydrogens is 486 g/mol. The number of fused-ring (bicyclic) bond motifs is 1. The number of carbonyl (C=O) groups is 1. The van der Waals surface area contributed by atoms with Crippen molar-refractivity contribution in [2.24, 2.45) is 0 Å². The van der Waals surface area contributed by atoms with Gasteiger partial charge in [0.15, 0.2) is 11.5 Å². The lowest BCUT2D eigenvalue weighted by atomic mass is 9.87. The Morgan fingerprint density at radius 3 is 2.51 bits per heavy atom. The second-order valence-electron chi connectivity index (χ2n) is 10.2. The van der Waals surface area contributed by atoms with E-state index in [9.17, 15) is 4.79 Å². The van der Waals surface area contributed by atoms with Crippen LogP contribution in [0.15, 0.2) is 70.7 Å². The fourth-order valence-electron chi connectivity index (χ4n) is 4.18. The number of nitrogens with zero attached hydrogens (tertiary/aromatic N) is 2. The van der Waals surface area contributed by atoms with Gasteiger partial charge in [0.2, 0.25) is 6.79 Å². The van der Waals surface area contributed by atoms with Crippen molar-refractivity contribution >= 4 is 17.2 Å². The van der Waals surface area contributed by atoms with Crippen LogP contribution in [0.4, 0.5) is 0 Å². The molecule has 0 fully saturated rings. The maximum absolute atomic E-state index is 12.6. The molecule has 1 N–H and O–H groups in total. The highest BCUT2D eigenvalue weighted by Gasteiger charge is 2.18. The van der Waals surface area contributed by atoms with E-state index < -0.39 is 0 Å². The van der Waals surface area contributed by atoms with Gasteiger partial charge in [0, 0.05) is 18.5 Å². The average molecular weight is 518 g/mol. The highest BCUT2D eigenvalue weighted by molar-refractivity contribution is 7.09. The number of nitrogens with one attached hydrogen (secondary N) is 1. The highest BCUT2D eigenvalue weighted by atomic mass is 32.1.